The van der Waals surface area contributed by atoms with Crippen LogP contribution in [0.3, 0.4) is 0 Å². The molecule has 1 aliphatic rings. The summed E-state index contributed by atoms with van der Waals surface area (Å²) in [5.41, 5.74) is 0.00642. The minimum Gasteiger partial charge on any atom is -0.478 e. The summed E-state index contributed by atoms with van der Waals surface area (Å²) in [4.78, 5) is 23.6. The van der Waals surface area contributed by atoms with Crippen molar-refractivity contribution in [1.29, 1.82) is 0 Å². The summed E-state index contributed by atoms with van der Waals surface area (Å²) in [6, 6.07) is 11.8. The molecule has 0 saturated heterocycles. The van der Waals surface area contributed by atoms with Crippen molar-refractivity contribution in [2.45, 2.75) is 18.4 Å². The largest absolute Gasteiger partial charge is 0.478 e. The van der Waals surface area contributed by atoms with Gasteiger partial charge in [-0.25, -0.2) is 4.79 Å². The summed E-state index contributed by atoms with van der Waals surface area (Å²) in [6.07, 6.45) is 1.02. The van der Waals surface area contributed by atoms with Crippen LogP contribution < -0.4 is 4.74 Å². The average molecular weight is 440 g/mol. The molecule has 2 aromatic rings. The second-order valence-electron chi connectivity index (χ2n) is 5.38. The Bertz CT molecular complexity index is 780. The van der Waals surface area contributed by atoms with Crippen LogP contribution in [-0.4, -0.2) is 22.5 Å². The van der Waals surface area contributed by atoms with Crippen LogP contribution in [0.5, 0.6) is 5.75 Å². The third kappa shape index (κ3) is 3.33. The zero-order valence-corrected chi connectivity index (χ0v) is 15.1. The van der Waals surface area contributed by atoms with E-state index >= 15 is 0 Å². The Balaban J connectivity index is 1.77. The first kappa shape index (κ1) is 16.2. The van der Waals surface area contributed by atoms with E-state index in [0.717, 1.165) is 8.95 Å². The maximum Gasteiger partial charge on any atom is 0.348 e. The van der Waals surface area contributed by atoms with E-state index in [0.29, 0.717) is 29.7 Å². The van der Waals surface area contributed by atoms with Crippen LogP contribution >= 0.6 is 31.9 Å². The fourth-order valence-corrected chi connectivity index (χ4v) is 2.80. The third-order valence-corrected chi connectivity index (χ3v) is 5.59. The van der Waals surface area contributed by atoms with E-state index in [-0.39, 0.29) is 5.78 Å². The monoisotopic (exact) mass is 438 g/mol. The summed E-state index contributed by atoms with van der Waals surface area (Å²) in [6.45, 7) is 0. The van der Waals surface area contributed by atoms with Crippen molar-refractivity contribution in [1.82, 2.24) is 0 Å². The molecule has 0 atom stereocenters. The average Bonchev–Trinajstić information content (AvgIpc) is 3.31. The Morgan fingerprint density at radius 3 is 2.09 bits per heavy atom. The molecule has 0 spiro atoms. The lowest BCUT2D eigenvalue weighted by atomic mass is 10.0. The van der Waals surface area contributed by atoms with Gasteiger partial charge in [-0.05, 0) is 74.3 Å². The van der Waals surface area contributed by atoms with Gasteiger partial charge >= 0.3 is 5.97 Å². The highest BCUT2D eigenvalue weighted by Crippen LogP contribution is 2.40. The van der Waals surface area contributed by atoms with Crippen molar-refractivity contribution in [3.05, 3.63) is 62.5 Å². The van der Waals surface area contributed by atoms with Gasteiger partial charge in [0.05, 0.1) is 0 Å². The highest BCUT2D eigenvalue weighted by atomic mass is 79.9. The molecule has 1 aliphatic carbocycles. The molecule has 0 amide bonds. The molecule has 0 unspecified atom stereocenters. The lowest BCUT2D eigenvalue weighted by Gasteiger charge is -2.13. The molecule has 23 heavy (non-hydrogen) atoms. The fourth-order valence-electron chi connectivity index (χ4n) is 2.18. The number of carboxylic acid groups (broad SMARTS) is 1. The minimum absolute atomic E-state index is 0.107. The standard InChI is InChI=1S/C17H12Br2O4/c18-13-6-3-11(9-14(13)19)15(20)10-1-4-12(5-2-10)23-17(7-8-17)16(21)22/h1-6,9H,7-8H2,(H,21,22). The van der Waals surface area contributed by atoms with E-state index in [9.17, 15) is 9.59 Å². The molecule has 1 fully saturated rings. The molecule has 1 N–H and O–H groups in total. The van der Waals surface area contributed by atoms with Gasteiger partial charge in [0.1, 0.15) is 5.75 Å². The van der Waals surface area contributed by atoms with Crippen molar-refractivity contribution in [2.24, 2.45) is 0 Å². The number of rotatable bonds is 5. The SMILES string of the molecule is O=C(c1ccc(OC2(C(=O)O)CC2)cc1)c1ccc(Br)c(Br)c1. The molecule has 3 rings (SSSR count). The molecule has 2 aromatic carbocycles. The van der Waals surface area contributed by atoms with Crippen LogP contribution in [0.15, 0.2) is 51.4 Å². The summed E-state index contributed by atoms with van der Waals surface area (Å²) in [5.74, 6) is -0.597. The Morgan fingerprint density at radius 2 is 1.57 bits per heavy atom. The first-order chi connectivity index (χ1) is 10.9. The maximum atomic E-state index is 12.5. The Kier molecular flexibility index (Phi) is 4.29. The van der Waals surface area contributed by atoms with Gasteiger partial charge in [0, 0.05) is 32.9 Å². The number of halogens is 2. The molecule has 118 valence electrons. The first-order valence-electron chi connectivity index (χ1n) is 6.93. The predicted molar refractivity (Wildman–Crippen MR) is 91.9 cm³/mol. The quantitative estimate of drug-likeness (QED) is 0.699. The molecule has 0 aromatic heterocycles. The van der Waals surface area contributed by atoms with Gasteiger partial charge in [0.15, 0.2) is 5.78 Å². The van der Waals surface area contributed by atoms with Crippen molar-refractivity contribution >= 4 is 43.6 Å². The van der Waals surface area contributed by atoms with Gasteiger partial charge in [0.2, 0.25) is 5.60 Å². The molecular formula is C17H12Br2O4. The number of hydrogen-bond donors (Lipinski definition) is 1. The number of carbonyl (C=O) groups excluding carboxylic acids is 1. The number of carboxylic acids is 1. The van der Waals surface area contributed by atoms with Crippen molar-refractivity contribution < 1.29 is 19.4 Å². The Labute approximate surface area is 149 Å². The number of benzene rings is 2. The second-order valence-corrected chi connectivity index (χ2v) is 7.09. The van der Waals surface area contributed by atoms with Crippen molar-refractivity contribution in [3.63, 3.8) is 0 Å². The van der Waals surface area contributed by atoms with E-state index in [1.54, 1.807) is 42.5 Å². The van der Waals surface area contributed by atoms with Crippen LogP contribution in [-0.2, 0) is 4.79 Å². The number of hydrogen-bond acceptors (Lipinski definition) is 3. The number of ketones is 1. The van der Waals surface area contributed by atoms with Gasteiger partial charge in [-0.1, -0.05) is 0 Å². The van der Waals surface area contributed by atoms with Gasteiger partial charge in [-0.2, -0.15) is 0 Å². The summed E-state index contributed by atoms with van der Waals surface area (Å²) < 4.78 is 7.21. The molecule has 0 radical (unpaired) electrons. The molecular weight excluding hydrogens is 428 g/mol. The van der Waals surface area contributed by atoms with E-state index in [1.807, 2.05) is 0 Å². The first-order valence-corrected chi connectivity index (χ1v) is 8.52. The zero-order valence-electron chi connectivity index (χ0n) is 11.9. The highest BCUT2D eigenvalue weighted by Gasteiger charge is 2.53. The normalized spacial score (nSPS) is 15.0. The lowest BCUT2D eigenvalue weighted by molar-refractivity contribution is -0.147. The molecule has 4 nitrogen and oxygen atoms in total. The number of aliphatic carboxylic acids is 1. The van der Waals surface area contributed by atoms with Crippen LogP contribution in [0.2, 0.25) is 0 Å². The van der Waals surface area contributed by atoms with E-state index < -0.39 is 11.6 Å². The van der Waals surface area contributed by atoms with Gasteiger partial charge < -0.3 is 9.84 Å². The van der Waals surface area contributed by atoms with E-state index in [4.69, 9.17) is 9.84 Å². The minimum atomic E-state index is -1.08. The maximum absolute atomic E-state index is 12.5. The topological polar surface area (TPSA) is 63.6 Å². The van der Waals surface area contributed by atoms with Crippen LogP contribution in [0.4, 0.5) is 0 Å². The third-order valence-electron chi connectivity index (χ3n) is 3.71. The number of carbonyl (C=O) groups is 2. The smallest absolute Gasteiger partial charge is 0.348 e. The summed E-state index contributed by atoms with van der Waals surface area (Å²) >= 11 is 6.74. The Hall–Kier alpha value is -1.66. The fraction of sp³-hybridized carbons (Fsp3) is 0.176. The highest BCUT2D eigenvalue weighted by molar-refractivity contribution is 9.13. The van der Waals surface area contributed by atoms with Crippen LogP contribution in [0.25, 0.3) is 0 Å². The lowest BCUT2D eigenvalue weighted by Crippen LogP contribution is -2.28. The van der Waals surface area contributed by atoms with Crippen molar-refractivity contribution in [3.8, 4) is 5.75 Å². The zero-order chi connectivity index (χ0) is 16.6. The Morgan fingerprint density at radius 1 is 0.957 bits per heavy atom. The predicted octanol–water partition coefficient (Wildman–Crippen LogP) is 4.44. The van der Waals surface area contributed by atoms with E-state index in [2.05, 4.69) is 31.9 Å². The van der Waals surface area contributed by atoms with Gasteiger partial charge in [-0.3, -0.25) is 4.79 Å². The molecule has 1 saturated carbocycles. The van der Waals surface area contributed by atoms with Crippen LogP contribution in [0.1, 0.15) is 28.8 Å². The summed E-state index contributed by atoms with van der Waals surface area (Å²) in [7, 11) is 0. The van der Waals surface area contributed by atoms with Crippen molar-refractivity contribution in [2.75, 3.05) is 0 Å². The van der Waals surface area contributed by atoms with Gasteiger partial charge in [-0.15, -0.1) is 0 Å². The molecule has 0 bridgehead atoms. The van der Waals surface area contributed by atoms with Gasteiger partial charge in [0.25, 0.3) is 0 Å². The number of ether oxygens (including phenoxy) is 1. The van der Waals surface area contributed by atoms with E-state index in [1.165, 1.54) is 0 Å². The second kappa shape index (κ2) is 6.09. The molecule has 6 heteroatoms. The van der Waals surface area contributed by atoms with Crippen LogP contribution in [0, 0.1) is 0 Å². The molecule has 0 heterocycles. The summed E-state index contributed by atoms with van der Waals surface area (Å²) in [5, 5.41) is 9.12. The molecule has 0 aliphatic heterocycles.